The number of terminal acetylenes is 1. The first kappa shape index (κ1) is 11.8. The molecule has 0 saturated heterocycles. The van der Waals surface area contributed by atoms with Crippen molar-refractivity contribution in [2.75, 3.05) is 5.32 Å². The van der Waals surface area contributed by atoms with Gasteiger partial charge < -0.3 is 10.4 Å². The van der Waals surface area contributed by atoms with Gasteiger partial charge in [-0.05, 0) is 24.6 Å². The molecule has 0 fully saturated rings. The van der Waals surface area contributed by atoms with Crippen molar-refractivity contribution in [1.82, 2.24) is 0 Å². The zero-order valence-corrected chi connectivity index (χ0v) is 8.78. The Hall–Kier alpha value is -2.28. The molecule has 0 atom stereocenters. The van der Waals surface area contributed by atoms with Gasteiger partial charge in [-0.1, -0.05) is 12.0 Å². The van der Waals surface area contributed by atoms with Crippen molar-refractivity contribution in [2.24, 2.45) is 0 Å². The fourth-order valence-electron chi connectivity index (χ4n) is 1.23. The van der Waals surface area contributed by atoms with Gasteiger partial charge in [-0.15, -0.1) is 6.42 Å². The summed E-state index contributed by atoms with van der Waals surface area (Å²) < 4.78 is 0. The molecule has 1 aromatic carbocycles. The van der Waals surface area contributed by atoms with Crippen LogP contribution in [0.15, 0.2) is 18.2 Å². The van der Waals surface area contributed by atoms with Gasteiger partial charge in [0.15, 0.2) is 0 Å². The highest BCUT2D eigenvalue weighted by molar-refractivity contribution is 5.95. The van der Waals surface area contributed by atoms with E-state index in [4.69, 9.17) is 11.5 Å². The Bertz CT molecular complexity index is 472. The molecule has 0 aliphatic heterocycles. The zero-order valence-electron chi connectivity index (χ0n) is 8.78. The number of hydrogen-bond donors (Lipinski definition) is 2. The highest BCUT2D eigenvalue weighted by Gasteiger charge is 2.08. The number of carbonyl (C=O) groups is 2. The standard InChI is InChI=1S/C12H11NO3/c1-3-4-11(14)13-9-6-5-8(2)10(7-9)12(15)16/h1,5-7H,4H2,2H3,(H,13,14)(H,15,16). The van der Waals surface area contributed by atoms with Crippen LogP contribution in [0.5, 0.6) is 0 Å². The summed E-state index contributed by atoms with van der Waals surface area (Å²) in [6.45, 7) is 1.69. The molecule has 1 aromatic rings. The largest absolute Gasteiger partial charge is 0.478 e. The number of amides is 1. The van der Waals surface area contributed by atoms with E-state index in [9.17, 15) is 9.59 Å². The minimum atomic E-state index is -1.02. The van der Waals surface area contributed by atoms with E-state index in [2.05, 4.69) is 11.2 Å². The SMILES string of the molecule is C#CCC(=O)Nc1ccc(C)c(C(=O)O)c1. The first-order valence-corrected chi connectivity index (χ1v) is 4.62. The third-order valence-corrected chi connectivity index (χ3v) is 2.01. The van der Waals surface area contributed by atoms with Gasteiger partial charge in [-0.25, -0.2) is 4.79 Å². The molecule has 1 amide bonds. The van der Waals surface area contributed by atoms with Crippen LogP contribution in [-0.2, 0) is 4.79 Å². The monoisotopic (exact) mass is 217 g/mol. The summed E-state index contributed by atoms with van der Waals surface area (Å²) in [5.41, 5.74) is 1.24. The number of benzene rings is 1. The van der Waals surface area contributed by atoms with Crippen LogP contribution in [0.4, 0.5) is 5.69 Å². The summed E-state index contributed by atoms with van der Waals surface area (Å²) in [5.74, 6) is 0.855. The average Bonchev–Trinajstić information content (AvgIpc) is 2.21. The fourth-order valence-corrected chi connectivity index (χ4v) is 1.23. The van der Waals surface area contributed by atoms with E-state index in [1.165, 1.54) is 6.07 Å². The van der Waals surface area contributed by atoms with Gasteiger partial charge in [-0.3, -0.25) is 4.79 Å². The van der Waals surface area contributed by atoms with Crippen LogP contribution in [0.3, 0.4) is 0 Å². The third-order valence-electron chi connectivity index (χ3n) is 2.01. The Labute approximate surface area is 93.3 Å². The Kier molecular flexibility index (Phi) is 3.67. The van der Waals surface area contributed by atoms with Crippen molar-refractivity contribution in [2.45, 2.75) is 13.3 Å². The van der Waals surface area contributed by atoms with Crippen LogP contribution in [-0.4, -0.2) is 17.0 Å². The molecule has 2 N–H and O–H groups in total. The molecule has 0 heterocycles. The normalized spacial score (nSPS) is 9.25. The molecule has 1 rings (SSSR count). The van der Waals surface area contributed by atoms with Crippen LogP contribution in [0.1, 0.15) is 22.3 Å². The fraction of sp³-hybridized carbons (Fsp3) is 0.167. The Balaban J connectivity index is 2.92. The van der Waals surface area contributed by atoms with Gasteiger partial charge in [0, 0.05) is 5.69 Å². The molecule has 0 radical (unpaired) electrons. The maximum atomic E-state index is 11.2. The predicted molar refractivity (Wildman–Crippen MR) is 60.2 cm³/mol. The van der Waals surface area contributed by atoms with Crippen molar-refractivity contribution in [3.63, 3.8) is 0 Å². The minimum Gasteiger partial charge on any atom is -0.478 e. The highest BCUT2D eigenvalue weighted by atomic mass is 16.4. The van der Waals surface area contributed by atoms with E-state index in [-0.39, 0.29) is 17.9 Å². The number of carboxylic acids is 1. The molecule has 82 valence electrons. The molecule has 0 aliphatic carbocycles. The van der Waals surface area contributed by atoms with Crippen molar-refractivity contribution in [3.05, 3.63) is 29.3 Å². The lowest BCUT2D eigenvalue weighted by Gasteiger charge is -2.06. The summed E-state index contributed by atoms with van der Waals surface area (Å²) in [4.78, 5) is 22.0. The second kappa shape index (κ2) is 4.99. The molecule has 16 heavy (non-hydrogen) atoms. The van der Waals surface area contributed by atoms with E-state index in [0.717, 1.165) is 0 Å². The number of rotatable bonds is 3. The van der Waals surface area contributed by atoms with Gasteiger partial charge in [0.2, 0.25) is 5.91 Å². The van der Waals surface area contributed by atoms with Crippen molar-refractivity contribution in [3.8, 4) is 12.3 Å². The van der Waals surface area contributed by atoms with Crippen LogP contribution < -0.4 is 5.32 Å². The number of aromatic carboxylic acids is 1. The lowest BCUT2D eigenvalue weighted by molar-refractivity contribution is -0.115. The quantitative estimate of drug-likeness (QED) is 0.756. The Morgan fingerprint density at radius 3 is 2.75 bits per heavy atom. The van der Waals surface area contributed by atoms with Gasteiger partial charge in [0.05, 0.1) is 12.0 Å². The van der Waals surface area contributed by atoms with E-state index < -0.39 is 5.97 Å². The number of nitrogens with one attached hydrogen (secondary N) is 1. The Morgan fingerprint density at radius 1 is 1.50 bits per heavy atom. The zero-order chi connectivity index (χ0) is 12.1. The maximum Gasteiger partial charge on any atom is 0.336 e. The summed E-state index contributed by atoms with van der Waals surface area (Å²) in [6, 6.07) is 4.68. The van der Waals surface area contributed by atoms with E-state index in [0.29, 0.717) is 11.3 Å². The van der Waals surface area contributed by atoms with Gasteiger partial charge >= 0.3 is 5.97 Å². The van der Waals surface area contributed by atoms with E-state index >= 15 is 0 Å². The first-order valence-electron chi connectivity index (χ1n) is 4.62. The summed E-state index contributed by atoms with van der Waals surface area (Å²) >= 11 is 0. The van der Waals surface area contributed by atoms with E-state index in [1.807, 2.05) is 0 Å². The Morgan fingerprint density at radius 2 is 2.19 bits per heavy atom. The third kappa shape index (κ3) is 2.85. The predicted octanol–water partition coefficient (Wildman–Crippen LogP) is 1.66. The molecule has 0 aromatic heterocycles. The van der Waals surface area contributed by atoms with Crippen molar-refractivity contribution >= 4 is 17.6 Å². The van der Waals surface area contributed by atoms with E-state index in [1.54, 1.807) is 19.1 Å². The maximum absolute atomic E-state index is 11.2. The van der Waals surface area contributed by atoms with Crippen LogP contribution in [0, 0.1) is 19.3 Å². The number of aryl methyl sites for hydroxylation is 1. The molecular formula is C12H11NO3. The topological polar surface area (TPSA) is 66.4 Å². The second-order valence-electron chi connectivity index (χ2n) is 3.26. The van der Waals surface area contributed by atoms with Gasteiger partial charge in [0.25, 0.3) is 0 Å². The van der Waals surface area contributed by atoms with Crippen molar-refractivity contribution < 1.29 is 14.7 Å². The summed E-state index contributed by atoms with van der Waals surface area (Å²) in [7, 11) is 0. The minimum absolute atomic E-state index is 0.0315. The molecule has 0 unspecified atom stereocenters. The molecule has 4 heteroatoms. The smallest absolute Gasteiger partial charge is 0.336 e. The first-order chi connectivity index (χ1) is 7.54. The number of carbonyl (C=O) groups excluding carboxylic acids is 1. The highest BCUT2D eigenvalue weighted by Crippen LogP contribution is 2.15. The number of hydrogen-bond acceptors (Lipinski definition) is 2. The molecule has 4 nitrogen and oxygen atoms in total. The molecule has 0 bridgehead atoms. The lowest BCUT2D eigenvalue weighted by Crippen LogP contribution is -2.11. The lowest BCUT2D eigenvalue weighted by atomic mass is 10.1. The van der Waals surface area contributed by atoms with Gasteiger partial charge in [-0.2, -0.15) is 0 Å². The van der Waals surface area contributed by atoms with Crippen LogP contribution >= 0.6 is 0 Å². The van der Waals surface area contributed by atoms with Crippen molar-refractivity contribution in [1.29, 1.82) is 0 Å². The summed E-state index contributed by atoms with van der Waals surface area (Å²) in [5, 5.41) is 11.4. The molecular weight excluding hydrogens is 206 g/mol. The summed E-state index contributed by atoms with van der Waals surface area (Å²) in [6.07, 6.45) is 4.95. The second-order valence-corrected chi connectivity index (χ2v) is 3.26. The van der Waals surface area contributed by atoms with Crippen LogP contribution in [0.25, 0.3) is 0 Å². The average molecular weight is 217 g/mol. The molecule has 0 spiro atoms. The molecule has 0 saturated carbocycles. The van der Waals surface area contributed by atoms with Crippen LogP contribution in [0.2, 0.25) is 0 Å². The molecule has 0 aliphatic rings. The van der Waals surface area contributed by atoms with Gasteiger partial charge in [0.1, 0.15) is 0 Å². The number of anilines is 1. The number of carboxylic acid groups (broad SMARTS) is 1.